The van der Waals surface area contributed by atoms with Crippen LogP contribution in [0.5, 0.6) is 0 Å². The molecular formula is C26H27N5O2. The summed E-state index contributed by atoms with van der Waals surface area (Å²) in [5.74, 6) is -0.766. The average molecular weight is 442 g/mol. The van der Waals surface area contributed by atoms with Crippen molar-refractivity contribution in [3.05, 3.63) is 66.0 Å². The normalized spacial score (nSPS) is 14.3. The van der Waals surface area contributed by atoms with Crippen LogP contribution in [0.25, 0.3) is 33.0 Å². The third-order valence-electron chi connectivity index (χ3n) is 6.54. The van der Waals surface area contributed by atoms with E-state index in [4.69, 9.17) is 5.73 Å². The maximum atomic E-state index is 13.1. The van der Waals surface area contributed by atoms with Crippen molar-refractivity contribution in [2.24, 2.45) is 0 Å². The van der Waals surface area contributed by atoms with Crippen molar-refractivity contribution in [3.8, 4) is 0 Å². The fourth-order valence-corrected chi connectivity index (χ4v) is 4.80. The summed E-state index contributed by atoms with van der Waals surface area (Å²) in [7, 11) is 0. The first-order chi connectivity index (χ1) is 16.0. The largest absolute Gasteiger partial charge is 0.397 e. The number of carbonyl (C=O) groups is 2. The summed E-state index contributed by atoms with van der Waals surface area (Å²) >= 11 is 0. The summed E-state index contributed by atoms with van der Waals surface area (Å²) < 4.78 is 2.11. The highest BCUT2D eigenvalue weighted by atomic mass is 16.2. The number of imide groups is 1. The second-order valence-corrected chi connectivity index (χ2v) is 8.29. The first-order valence-corrected chi connectivity index (χ1v) is 11.3. The van der Waals surface area contributed by atoms with E-state index in [2.05, 4.69) is 33.6 Å². The van der Waals surface area contributed by atoms with Crippen molar-refractivity contribution >= 4 is 50.5 Å². The number of aromatic nitrogens is 2. The van der Waals surface area contributed by atoms with Gasteiger partial charge in [-0.1, -0.05) is 44.2 Å². The Bertz CT molecular complexity index is 1420. The fraction of sp³-hybridized carbons (Fsp3) is 0.231. The Morgan fingerprint density at radius 1 is 0.909 bits per heavy atom. The van der Waals surface area contributed by atoms with Crippen molar-refractivity contribution in [1.29, 1.82) is 0 Å². The van der Waals surface area contributed by atoms with Crippen molar-refractivity contribution in [2.45, 2.75) is 20.4 Å². The first kappa shape index (κ1) is 21.0. The number of H-pyrrole nitrogens is 1. The molecule has 1 aliphatic rings. The number of likely N-dealkylation sites (N-methyl/N-ethyl adjacent to an activating group) is 1. The highest BCUT2D eigenvalue weighted by Gasteiger charge is 2.35. The molecule has 1 aliphatic heterocycles. The molecule has 3 heterocycles. The topological polar surface area (TPSA) is 96.1 Å². The van der Waals surface area contributed by atoms with Gasteiger partial charge in [0, 0.05) is 52.9 Å². The molecule has 2 aromatic carbocycles. The lowest BCUT2D eigenvalue weighted by Gasteiger charge is -2.18. The van der Waals surface area contributed by atoms with Crippen LogP contribution in [0, 0.1) is 0 Å². The van der Waals surface area contributed by atoms with Crippen LogP contribution in [-0.4, -0.2) is 45.9 Å². The molecule has 168 valence electrons. The molecule has 33 heavy (non-hydrogen) atoms. The van der Waals surface area contributed by atoms with Crippen molar-refractivity contribution in [2.75, 3.05) is 25.4 Å². The quantitative estimate of drug-likeness (QED) is 0.302. The number of nitrogens with one attached hydrogen (secondary N) is 2. The molecule has 0 saturated heterocycles. The molecule has 7 heteroatoms. The first-order valence-electron chi connectivity index (χ1n) is 11.3. The van der Waals surface area contributed by atoms with Gasteiger partial charge in [0.25, 0.3) is 11.8 Å². The van der Waals surface area contributed by atoms with E-state index in [1.165, 1.54) is 0 Å². The molecule has 4 N–H and O–H groups in total. The van der Waals surface area contributed by atoms with Gasteiger partial charge in [-0.15, -0.1) is 0 Å². The molecule has 0 unspecified atom stereocenters. The van der Waals surface area contributed by atoms with Gasteiger partial charge >= 0.3 is 0 Å². The maximum Gasteiger partial charge on any atom is 0.259 e. The van der Waals surface area contributed by atoms with Crippen molar-refractivity contribution < 1.29 is 9.59 Å². The van der Waals surface area contributed by atoms with Crippen LogP contribution in [0.15, 0.2) is 54.9 Å². The lowest BCUT2D eigenvalue weighted by Crippen LogP contribution is -2.26. The summed E-state index contributed by atoms with van der Waals surface area (Å²) in [6.45, 7) is 7.81. The Balaban J connectivity index is 1.72. The molecule has 5 rings (SSSR count). The van der Waals surface area contributed by atoms with E-state index in [0.717, 1.165) is 59.1 Å². The number of hydrogen-bond donors (Lipinski definition) is 3. The highest BCUT2D eigenvalue weighted by molar-refractivity contribution is 6.50. The van der Waals surface area contributed by atoms with Gasteiger partial charge in [-0.2, -0.15) is 0 Å². The zero-order valence-corrected chi connectivity index (χ0v) is 18.8. The van der Waals surface area contributed by atoms with Gasteiger partial charge in [-0.3, -0.25) is 14.9 Å². The number of amides is 2. The lowest BCUT2D eigenvalue weighted by molar-refractivity contribution is -0.122. The maximum absolute atomic E-state index is 13.1. The molecule has 0 bridgehead atoms. The van der Waals surface area contributed by atoms with E-state index in [1.807, 2.05) is 48.7 Å². The van der Waals surface area contributed by atoms with Gasteiger partial charge in [0.15, 0.2) is 0 Å². The number of anilines is 1. The third kappa shape index (κ3) is 3.41. The number of nitrogens with zero attached hydrogens (tertiary/aromatic N) is 2. The number of benzene rings is 2. The molecule has 0 fully saturated rings. The van der Waals surface area contributed by atoms with Crippen LogP contribution in [-0.2, 0) is 16.1 Å². The number of para-hydroxylation sites is 2. The Morgan fingerprint density at radius 2 is 1.61 bits per heavy atom. The van der Waals surface area contributed by atoms with Gasteiger partial charge in [-0.25, -0.2) is 0 Å². The molecule has 0 aliphatic carbocycles. The van der Waals surface area contributed by atoms with Crippen LogP contribution in [0.3, 0.4) is 0 Å². The predicted octanol–water partition coefficient (Wildman–Crippen LogP) is 3.61. The minimum Gasteiger partial charge on any atom is -0.397 e. The second-order valence-electron chi connectivity index (χ2n) is 8.29. The SMILES string of the molecule is CCN(CC)CCn1cc(C2=C(c3c[nH]c4ccccc34)C(=O)NC2=O)c2cccc(N)c21. The molecule has 2 amide bonds. The van der Waals surface area contributed by atoms with Crippen LogP contribution < -0.4 is 11.1 Å². The Labute approximate surface area is 191 Å². The minimum absolute atomic E-state index is 0.382. The Hall–Kier alpha value is -3.84. The zero-order valence-electron chi connectivity index (χ0n) is 18.8. The summed E-state index contributed by atoms with van der Waals surface area (Å²) in [4.78, 5) is 31.6. The summed E-state index contributed by atoms with van der Waals surface area (Å²) in [6.07, 6.45) is 3.76. The second kappa shape index (κ2) is 8.26. The summed E-state index contributed by atoms with van der Waals surface area (Å²) in [5, 5.41) is 4.28. The van der Waals surface area contributed by atoms with Gasteiger partial charge < -0.3 is 20.2 Å². The molecule has 0 saturated carbocycles. The molecule has 0 atom stereocenters. The van der Waals surface area contributed by atoms with Gasteiger partial charge in [0.2, 0.25) is 0 Å². The van der Waals surface area contributed by atoms with E-state index in [-0.39, 0.29) is 11.8 Å². The van der Waals surface area contributed by atoms with E-state index < -0.39 is 0 Å². The molecule has 0 spiro atoms. The number of carbonyl (C=O) groups excluding carboxylic acids is 2. The molecule has 4 aromatic rings. The minimum atomic E-state index is -0.384. The molecular weight excluding hydrogens is 414 g/mol. The van der Waals surface area contributed by atoms with Crippen LogP contribution in [0.2, 0.25) is 0 Å². The van der Waals surface area contributed by atoms with Crippen molar-refractivity contribution in [1.82, 2.24) is 19.8 Å². The number of fused-ring (bicyclic) bond motifs is 2. The summed E-state index contributed by atoms with van der Waals surface area (Å²) in [6, 6.07) is 13.5. The van der Waals surface area contributed by atoms with Gasteiger partial charge in [0.05, 0.1) is 22.4 Å². The fourth-order valence-electron chi connectivity index (χ4n) is 4.80. The standard InChI is InChI=1S/C26H27N5O2/c1-3-30(4-2)12-13-31-15-19(17-9-7-10-20(27)24(17)31)23-22(25(32)29-26(23)33)18-14-28-21-11-6-5-8-16(18)21/h5-11,14-15,28H,3-4,12-13,27H2,1-2H3,(H,29,32,33). The van der Waals surface area contributed by atoms with E-state index in [0.29, 0.717) is 16.8 Å². The van der Waals surface area contributed by atoms with Crippen LogP contribution in [0.4, 0.5) is 5.69 Å². The Morgan fingerprint density at radius 3 is 2.36 bits per heavy atom. The molecule has 0 radical (unpaired) electrons. The number of aromatic amines is 1. The highest BCUT2D eigenvalue weighted by Crippen LogP contribution is 2.39. The smallest absolute Gasteiger partial charge is 0.259 e. The predicted molar refractivity (Wildman–Crippen MR) is 132 cm³/mol. The number of nitrogen functional groups attached to an aromatic ring is 1. The monoisotopic (exact) mass is 441 g/mol. The third-order valence-corrected chi connectivity index (χ3v) is 6.54. The summed E-state index contributed by atoms with van der Waals surface area (Å²) in [5.41, 5.74) is 11.1. The number of hydrogen-bond acceptors (Lipinski definition) is 4. The Kier molecular flexibility index (Phi) is 5.26. The molecule has 2 aromatic heterocycles. The van der Waals surface area contributed by atoms with E-state index in [1.54, 1.807) is 6.20 Å². The number of rotatable bonds is 7. The van der Waals surface area contributed by atoms with Gasteiger partial charge in [-0.05, 0) is 25.2 Å². The van der Waals surface area contributed by atoms with E-state index >= 15 is 0 Å². The van der Waals surface area contributed by atoms with Gasteiger partial charge in [0.1, 0.15) is 0 Å². The lowest BCUT2D eigenvalue weighted by atomic mass is 9.95. The molecule has 7 nitrogen and oxygen atoms in total. The van der Waals surface area contributed by atoms with E-state index in [9.17, 15) is 9.59 Å². The average Bonchev–Trinajstić information content (AvgIpc) is 3.48. The van der Waals surface area contributed by atoms with Crippen molar-refractivity contribution in [3.63, 3.8) is 0 Å². The zero-order chi connectivity index (χ0) is 23.1. The van der Waals surface area contributed by atoms with Crippen LogP contribution in [0.1, 0.15) is 25.0 Å². The number of nitrogens with two attached hydrogens (primary N) is 1. The van der Waals surface area contributed by atoms with Crippen LogP contribution >= 0.6 is 0 Å².